The first-order valence-electron chi connectivity index (χ1n) is 8.29. The van der Waals surface area contributed by atoms with Gasteiger partial charge in [-0.05, 0) is 38.5 Å². The van der Waals surface area contributed by atoms with Crippen LogP contribution in [0.2, 0.25) is 0 Å². The molecule has 1 saturated heterocycles. The van der Waals surface area contributed by atoms with Crippen LogP contribution >= 0.6 is 0 Å². The Morgan fingerprint density at radius 2 is 1.65 bits per heavy atom. The maximum absolute atomic E-state index is 12.5. The summed E-state index contributed by atoms with van der Waals surface area (Å²) < 4.78 is 0. The molecule has 0 aromatic rings. The fourth-order valence-electron chi connectivity index (χ4n) is 4.24. The van der Waals surface area contributed by atoms with Crippen molar-refractivity contribution in [3.63, 3.8) is 0 Å². The Balaban J connectivity index is 1.60. The van der Waals surface area contributed by atoms with Gasteiger partial charge in [0.15, 0.2) is 0 Å². The normalized spacial score (nSPS) is 30.6. The number of nitrogens with one attached hydrogen (secondary N) is 1. The summed E-state index contributed by atoms with van der Waals surface area (Å²) in [6.07, 6.45) is 9.81. The highest BCUT2D eigenvalue weighted by Gasteiger charge is 2.43. The second kappa shape index (κ2) is 5.84. The lowest BCUT2D eigenvalue weighted by atomic mass is 9.99. The van der Waals surface area contributed by atoms with Gasteiger partial charge in [-0.1, -0.05) is 25.7 Å². The molecule has 2 amide bonds. The van der Waals surface area contributed by atoms with Gasteiger partial charge in [0.2, 0.25) is 11.8 Å². The zero-order chi connectivity index (χ0) is 14.1. The third-order valence-corrected chi connectivity index (χ3v) is 5.44. The van der Waals surface area contributed by atoms with Crippen LogP contribution in [0.1, 0.15) is 64.7 Å². The summed E-state index contributed by atoms with van der Waals surface area (Å²) in [4.78, 5) is 26.2. The molecule has 1 aliphatic heterocycles. The van der Waals surface area contributed by atoms with Crippen molar-refractivity contribution in [2.45, 2.75) is 82.8 Å². The maximum Gasteiger partial charge on any atom is 0.247 e. The first kappa shape index (κ1) is 14.1. The fraction of sp³-hybridized carbons (Fsp3) is 0.875. The van der Waals surface area contributed by atoms with Gasteiger partial charge in [0, 0.05) is 12.1 Å². The van der Waals surface area contributed by atoms with Crippen LogP contribution in [0.15, 0.2) is 0 Å². The van der Waals surface area contributed by atoms with E-state index in [0.29, 0.717) is 18.4 Å². The van der Waals surface area contributed by atoms with Crippen LogP contribution in [0, 0.1) is 5.92 Å². The molecular formula is C16H26N2O2. The molecule has 0 spiro atoms. The van der Waals surface area contributed by atoms with Crippen LogP contribution in [-0.4, -0.2) is 34.8 Å². The number of nitrogens with zero attached hydrogens (tertiary/aromatic N) is 1. The molecule has 20 heavy (non-hydrogen) atoms. The van der Waals surface area contributed by atoms with E-state index < -0.39 is 0 Å². The minimum atomic E-state index is -0.265. The van der Waals surface area contributed by atoms with Gasteiger partial charge in [0.05, 0.1) is 12.5 Å². The zero-order valence-electron chi connectivity index (χ0n) is 12.4. The number of hydrogen-bond acceptors (Lipinski definition) is 3. The van der Waals surface area contributed by atoms with Crippen LogP contribution in [0.4, 0.5) is 0 Å². The van der Waals surface area contributed by atoms with E-state index in [4.69, 9.17) is 0 Å². The zero-order valence-corrected chi connectivity index (χ0v) is 12.4. The Labute approximate surface area is 121 Å². The van der Waals surface area contributed by atoms with Crippen LogP contribution in [0.25, 0.3) is 0 Å². The summed E-state index contributed by atoms with van der Waals surface area (Å²) in [5.41, 5.74) is 0. The minimum absolute atomic E-state index is 0.0340. The number of carbonyl (C=O) groups excluding carboxylic acids is 2. The molecule has 3 rings (SSSR count). The van der Waals surface area contributed by atoms with Crippen molar-refractivity contribution in [2.75, 3.05) is 0 Å². The molecule has 4 nitrogen and oxygen atoms in total. The van der Waals surface area contributed by atoms with Crippen molar-refractivity contribution in [1.29, 1.82) is 0 Å². The number of rotatable bonds is 4. The van der Waals surface area contributed by atoms with Crippen molar-refractivity contribution in [2.24, 2.45) is 5.92 Å². The first-order valence-corrected chi connectivity index (χ1v) is 8.29. The molecule has 112 valence electrons. The highest BCUT2D eigenvalue weighted by atomic mass is 16.2. The van der Waals surface area contributed by atoms with E-state index in [0.717, 1.165) is 25.7 Å². The molecular weight excluding hydrogens is 252 g/mol. The van der Waals surface area contributed by atoms with Gasteiger partial charge in [-0.3, -0.25) is 14.5 Å². The van der Waals surface area contributed by atoms with Gasteiger partial charge in [0.25, 0.3) is 0 Å². The van der Waals surface area contributed by atoms with Crippen molar-refractivity contribution in [1.82, 2.24) is 10.2 Å². The van der Waals surface area contributed by atoms with Crippen LogP contribution in [0.3, 0.4) is 0 Å². The molecule has 3 aliphatic rings. The summed E-state index contributed by atoms with van der Waals surface area (Å²) in [5.74, 6) is 0.753. The SMILES string of the molecule is CC(NC1CC(=O)N(C2CCCC2)C1=O)C1CCCC1. The monoisotopic (exact) mass is 278 g/mol. The van der Waals surface area contributed by atoms with Crippen LogP contribution in [0.5, 0.6) is 0 Å². The van der Waals surface area contributed by atoms with Crippen molar-refractivity contribution < 1.29 is 9.59 Å². The van der Waals surface area contributed by atoms with Crippen LogP contribution in [-0.2, 0) is 9.59 Å². The van der Waals surface area contributed by atoms with Crippen molar-refractivity contribution >= 4 is 11.8 Å². The highest BCUT2D eigenvalue weighted by Crippen LogP contribution is 2.30. The molecule has 1 heterocycles. The van der Waals surface area contributed by atoms with E-state index in [1.54, 1.807) is 4.90 Å². The number of imide groups is 1. The topological polar surface area (TPSA) is 49.4 Å². The summed E-state index contributed by atoms with van der Waals surface area (Å²) in [6.45, 7) is 2.17. The largest absolute Gasteiger partial charge is 0.303 e. The van der Waals surface area contributed by atoms with Gasteiger partial charge in [-0.15, -0.1) is 0 Å². The Morgan fingerprint density at radius 1 is 1.05 bits per heavy atom. The van der Waals surface area contributed by atoms with Crippen molar-refractivity contribution in [3.05, 3.63) is 0 Å². The molecule has 0 radical (unpaired) electrons. The van der Waals surface area contributed by atoms with Crippen molar-refractivity contribution in [3.8, 4) is 0 Å². The van der Waals surface area contributed by atoms with Gasteiger partial charge < -0.3 is 5.32 Å². The third kappa shape index (κ3) is 2.62. The average Bonchev–Trinajstić information content (AvgIpc) is 3.13. The van der Waals surface area contributed by atoms with E-state index in [1.165, 1.54) is 25.7 Å². The number of amides is 2. The van der Waals surface area contributed by atoms with E-state index in [9.17, 15) is 9.59 Å². The first-order chi connectivity index (χ1) is 9.66. The average molecular weight is 278 g/mol. The number of likely N-dealkylation sites (tertiary alicyclic amines) is 1. The lowest BCUT2D eigenvalue weighted by Crippen LogP contribution is -2.46. The molecule has 2 saturated carbocycles. The number of hydrogen-bond donors (Lipinski definition) is 1. The summed E-state index contributed by atoms with van der Waals surface area (Å²) in [6, 6.07) is 0.269. The molecule has 2 unspecified atom stereocenters. The third-order valence-electron chi connectivity index (χ3n) is 5.44. The number of carbonyl (C=O) groups is 2. The van der Waals surface area contributed by atoms with Gasteiger partial charge >= 0.3 is 0 Å². The Morgan fingerprint density at radius 3 is 2.30 bits per heavy atom. The lowest BCUT2D eigenvalue weighted by Gasteiger charge is -2.25. The van der Waals surface area contributed by atoms with E-state index in [2.05, 4.69) is 12.2 Å². The standard InChI is InChI=1S/C16H26N2O2/c1-11(12-6-2-3-7-12)17-14-10-15(19)18(16(14)20)13-8-4-5-9-13/h11-14,17H,2-10H2,1H3. The lowest BCUT2D eigenvalue weighted by molar-refractivity contribution is -0.141. The second-order valence-corrected chi connectivity index (χ2v) is 6.80. The molecule has 2 aliphatic carbocycles. The van der Waals surface area contributed by atoms with Gasteiger partial charge in [-0.25, -0.2) is 0 Å². The predicted molar refractivity (Wildman–Crippen MR) is 77.1 cm³/mol. The quantitative estimate of drug-likeness (QED) is 0.802. The van der Waals surface area contributed by atoms with Crippen LogP contribution < -0.4 is 5.32 Å². The summed E-state index contributed by atoms with van der Waals surface area (Å²) in [5, 5.41) is 3.44. The molecule has 1 N–H and O–H groups in total. The van der Waals surface area contributed by atoms with Gasteiger partial charge in [0.1, 0.15) is 0 Å². The summed E-state index contributed by atoms with van der Waals surface area (Å²) in [7, 11) is 0. The molecule has 4 heteroatoms. The molecule has 2 atom stereocenters. The molecule has 0 aromatic heterocycles. The molecule has 3 fully saturated rings. The maximum atomic E-state index is 12.5. The van der Waals surface area contributed by atoms with E-state index in [1.807, 2.05) is 0 Å². The Hall–Kier alpha value is -0.900. The highest BCUT2D eigenvalue weighted by molar-refractivity contribution is 6.05. The van der Waals surface area contributed by atoms with Gasteiger partial charge in [-0.2, -0.15) is 0 Å². The Bertz CT molecular complexity index is 384. The Kier molecular flexibility index (Phi) is 4.11. The fourth-order valence-corrected chi connectivity index (χ4v) is 4.24. The summed E-state index contributed by atoms with van der Waals surface area (Å²) >= 11 is 0. The smallest absolute Gasteiger partial charge is 0.247 e. The van der Waals surface area contributed by atoms with E-state index >= 15 is 0 Å². The molecule has 0 aromatic carbocycles. The second-order valence-electron chi connectivity index (χ2n) is 6.80. The minimum Gasteiger partial charge on any atom is -0.303 e. The predicted octanol–water partition coefficient (Wildman–Crippen LogP) is 2.22. The molecule has 0 bridgehead atoms. The van der Waals surface area contributed by atoms with E-state index in [-0.39, 0.29) is 23.9 Å².